The highest BCUT2D eigenvalue weighted by Crippen LogP contribution is 2.33. The summed E-state index contributed by atoms with van der Waals surface area (Å²) in [7, 11) is 0. The molecular weight excluding hydrogens is 1710 g/mol. The van der Waals surface area contributed by atoms with E-state index in [0.29, 0.717) is 83.7 Å². The number of benzene rings is 9. The van der Waals surface area contributed by atoms with Gasteiger partial charge in [0.2, 0.25) is 6.20 Å². The molecule has 0 atom stereocenters. The number of carbonyl (C=O) groups is 8. The van der Waals surface area contributed by atoms with Gasteiger partial charge in [-0.15, -0.1) is 0 Å². The van der Waals surface area contributed by atoms with E-state index < -0.39 is 27.3 Å². The predicted octanol–water partition coefficient (Wildman–Crippen LogP) is 20.0. The summed E-state index contributed by atoms with van der Waals surface area (Å²) in [5.41, 5.74) is 14.3. The summed E-state index contributed by atoms with van der Waals surface area (Å²) in [6, 6.07) is 58.0. The number of nitro groups is 1. The largest absolute Gasteiger partial charge is 0.508 e. The lowest BCUT2D eigenvalue weighted by atomic mass is 10.1. The second kappa shape index (κ2) is 44.9. The number of nitrogens with zero attached hydrogens (tertiary/aromatic N) is 7. The Kier molecular flexibility index (Phi) is 33.1. The molecule has 14 aromatic rings. The number of rotatable bonds is 26. The number of phenolic OH excluding ortho intramolecular Hbond substituents is 1. The van der Waals surface area contributed by atoms with E-state index >= 15 is 0 Å². The number of aromatic amines is 1. The lowest BCUT2D eigenvalue weighted by Crippen LogP contribution is -2.38. The van der Waals surface area contributed by atoms with Crippen molar-refractivity contribution in [3.63, 3.8) is 0 Å². The lowest BCUT2D eigenvalue weighted by Gasteiger charge is -2.26. The quantitative estimate of drug-likeness (QED) is 0.0167. The Balaban J connectivity index is 0.000000157. The Morgan fingerprint density at radius 1 is 0.393 bits per heavy atom. The lowest BCUT2D eigenvalue weighted by molar-refractivity contribution is -0.400. The molecule has 2 aliphatic heterocycles. The summed E-state index contributed by atoms with van der Waals surface area (Å²) < 4.78 is 52.4. The Morgan fingerprint density at radius 2 is 0.696 bits per heavy atom. The van der Waals surface area contributed by atoms with Gasteiger partial charge in [0, 0.05) is 185 Å². The number of carbonyl (C=O) groups excluding carboxylic acids is 8. The third-order valence-electron chi connectivity index (χ3n) is 21.8. The summed E-state index contributed by atoms with van der Waals surface area (Å²) in [5, 5.41) is 25.0. The molecule has 0 bridgehead atoms. The monoisotopic (exact) mass is 1830 g/mol. The summed E-state index contributed by atoms with van der Waals surface area (Å²) in [6.07, 6.45) is 15.0. The molecule has 27 nitrogen and oxygen atoms in total. The van der Waals surface area contributed by atoms with E-state index in [2.05, 4.69) is 19.4 Å². The van der Waals surface area contributed by atoms with Crippen LogP contribution in [0.5, 0.6) is 17.2 Å². The van der Waals surface area contributed by atoms with Gasteiger partial charge in [0.05, 0.1) is 53.6 Å². The molecule has 7 heterocycles. The fourth-order valence-corrected chi connectivity index (χ4v) is 15.3. The zero-order valence-corrected chi connectivity index (χ0v) is 79.0. The van der Waals surface area contributed by atoms with E-state index in [1.165, 1.54) is 11.6 Å². The Labute approximate surface area is 785 Å². The van der Waals surface area contributed by atoms with E-state index in [0.717, 1.165) is 197 Å². The van der Waals surface area contributed by atoms with Gasteiger partial charge in [-0.3, -0.25) is 39.1 Å². The first kappa shape index (κ1) is 99.6. The molecule has 2 fully saturated rings. The zero-order valence-electron chi connectivity index (χ0n) is 79.0. The molecule has 0 aliphatic carbocycles. The molecule has 2 N–H and O–H groups in total. The molecule has 0 spiro atoms. The van der Waals surface area contributed by atoms with Crippen molar-refractivity contribution in [1.29, 1.82) is 0 Å². The van der Waals surface area contributed by atoms with Gasteiger partial charge in [-0.25, -0.2) is 19.2 Å². The van der Waals surface area contributed by atoms with Crippen LogP contribution in [-0.4, -0.2) is 193 Å². The van der Waals surface area contributed by atoms with Crippen LogP contribution in [-0.2, 0) is 54.6 Å². The second-order valence-electron chi connectivity index (χ2n) is 37.2. The molecule has 0 radical (unpaired) electrons. The predicted molar refractivity (Wildman–Crippen MR) is 523 cm³/mol. The number of aryl methyl sites for hydroxylation is 2. The maximum atomic E-state index is 12.3. The fourth-order valence-electron chi connectivity index (χ4n) is 15.3. The van der Waals surface area contributed by atoms with Gasteiger partial charge in [0.25, 0.3) is 0 Å². The van der Waals surface area contributed by atoms with Gasteiger partial charge in [0.1, 0.15) is 52.9 Å². The molecule has 0 saturated carbocycles. The number of aldehydes is 4. The first-order chi connectivity index (χ1) is 64.3. The normalized spacial score (nSPS) is 13.1. The smallest absolute Gasteiger partial charge is 0.338 e. The number of hydrogen-bond acceptors (Lipinski definition) is 21. The summed E-state index contributed by atoms with van der Waals surface area (Å²) >= 11 is 0. The van der Waals surface area contributed by atoms with Crippen molar-refractivity contribution >= 4 is 110 Å². The van der Waals surface area contributed by atoms with Crippen LogP contribution in [0.25, 0.3) is 60.6 Å². The Morgan fingerprint density at radius 3 is 1.04 bits per heavy atom. The minimum atomic E-state index is -0.557. The highest BCUT2D eigenvalue weighted by Gasteiger charge is 2.25. The van der Waals surface area contributed by atoms with Crippen LogP contribution < -0.4 is 9.47 Å². The minimum absolute atomic E-state index is 0.125. The van der Waals surface area contributed by atoms with Gasteiger partial charge >= 0.3 is 23.9 Å². The topological polar surface area (TPSA) is 316 Å². The van der Waals surface area contributed by atoms with Gasteiger partial charge < -0.3 is 66.3 Å². The van der Waals surface area contributed by atoms with E-state index in [1.54, 1.807) is 79.1 Å². The van der Waals surface area contributed by atoms with E-state index in [9.17, 15) is 53.6 Å². The second-order valence-corrected chi connectivity index (χ2v) is 37.2. The van der Waals surface area contributed by atoms with Crippen LogP contribution >= 0.6 is 0 Å². The van der Waals surface area contributed by atoms with Crippen molar-refractivity contribution in [1.82, 2.24) is 33.1 Å². The number of morpholine rings is 2. The number of ether oxygens (including phenoxy) is 8. The molecule has 27 heteroatoms. The van der Waals surface area contributed by atoms with Gasteiger partial charge in [0.15, 0.2) is 25.1 Å². The molecule has 9 aromatic carbocycles. The average Bonchev–Trinajstić information content (AvgIpc) is 1.65. The van der Waals surface area contributed by atoms with Crippen molar-refractivity contribution < 1.29 is 86.3 Å². The average molecular weight is 1830 g/mol. The molecule has 704 valence electrons. The van der Waals surface area contributed by atoms with Gasteiger partial charge in [-0.05, 0) is 247 Å². The van der Waals surface area contributed by atoms with Crippen molar-refractivity contribution in [3.05, 3.63) is 319 Å². The molecular formula is C108H118N8O19. The van der Waals surface area contributed by atoms with E-state index in [1.807, 2.05) is 251 Å². The Hall–Kier alpha value is -14.4. The molecule has 0 unspecified atom stereocenters. The maximum absolute atomic E-state index is 12.3. The first-order valence-electron chi connectivity index (χ1n) is 44.9. The van der Waals surface area contributed by atoms with Crippen molar-refractivity contribution in [2.24, 2.45) is 0 Å². The third-order valence-corrected chi connectivity index (χ3v) is 21.8. The molecule has 5 aromatic heterocycles. The highest BCUT2D eigenvalue weighted by atomic mass is 16.6. The minimum Gasteiger partial charge on any atom is -0.508 e. The maximum Gasteiger partial charge on any atom is 0.338 e. The van der Waals surface area contributed by atoms with E-state index in [-0.39, 0.29) is 29.6 Å². The number of fused-ring (bicyclic) bond motifs is 5. The van der Waals surface area contributed by atoms with Crippen LogP contribution in [0.3, 0.4) is 0 Å². The van der Waals surface area contributed by atoms with Crippen LogP contribution in [0.1, 0.15) is 205 Å². The zero-order chi connectivity index (χ0) is 96.9. The molecule has 0 amide bonds. The van der Waals surface area contributed by atoms with Crippen molar-refractivity contribution in [2.45, 2.75) is 146 Å². The summed E-state index contributed by atoms with van der Waals surface area (Å²) in [5.74, 6) is 0.219. The summed E-state index contributed by atoms with van der Waals surface area (Å²) in [4.78, 5) is 112. The van der Waals surface area contributed by atoms with E-state index in [4.69, 9.17) is 37.9 Å². The van der Waals surface area contributed by atoms with Crippen LogP contribution in [0, 0.1) is 24.0 Å². The molecule has 2 aliphatic rings. The number of aromatic hydroxyl groups is 1. The van der Waals surface area contributed by atoms with Crippen molar-refractivity contribution in [3.8, 4) is 17.2 Å². The van der Waals surface area contributed by atoms with Gasteiger partial charge in [-0.1, -0.05) is 71.8 Å². The number of nitrogens with one attached hydrogen (secondary N) is 1. The number of phenols is 1. The van der Waals surface area contributed by atoms with Crippen LogP contribution in [0.15, 0.2) is 225 Å². The SMILES string of the molecule is CC(C)(C)OC(=O)c1ccc(Cn2cc(/C=C/[N+](=O)[O-])c3cc(OCCN4CCOCC4)ccc32)cc1.CC(C)(C)OC(=O)c1ccc(Cn2cc(C=O)c3cc(O)ccc32)cc1.CC(C)(C)OC(=O)c1ccc(Cn2cc(C=O)c3cc(OCCN4CCOCC4)ccc32)cc1.Cc1ccc2[nH]cc(C=O)c2c1.Cc1ccc2c(c1)c(C=O)cn2Cc1ccc(C(=O)OC(C)(C)C)cc1. The number of H-pyrrole nitrogens is 1. The van der Waals surface area contributed by atoms with Crippen molar-refractivity contribution in [2.75, 3.05) is 78.9 Å². The third kappa shape index (κ3) is 28.6. The first-order valence-corrected chi connectivity index (χ1v) is 44.9. The molecule has 16 rings (SSSR count). The number of hydrogen-bond donors (Lipinski definition) is 2. The fraction of sp³-hybridized carbons (Fsp3) is 0.315. The molecule has 135 heavy (non-hydrogen) atoms. The number of aromatic nitrogens is 5. The standard InChI is InChI=1S/C28H33N3O6.C27H32N2O5.C22H23NO3.C21H21NO4.C10H9NO/c1-28(2,3)37-27(32)22-6-4-21(5-7-22)19-30-20-23(10-11-31(33)34)25-18-24(8-9-26(25)30)36-17-14-29-12-15-35-16-13-29;1-27(2,3)34-26(31)21-6-4-20(5-7-21)17-29-18-22(19-30)24-16-23(8-9-25(24)29)33-15-12-28-10-13-32-14-11-28;1-15-5-10-20-19(11-15)18(14-24)13-23(20)12-16-6-8-17(9-7-16)21(25)26-22(2,3)4;1-21(2,3)26-20(25)15-6-4-14(5-7-15)11-22-12-16(13-23)18-10-17(24)8-9-19(18)22;1-7-2-3-10-9(4-7)8(6-12)5-11-10/h4-11,18,20H,12-17,19H2,1-3H3;4-9,16,18-19H,10-15,17H2,1-3H3;5-11,13-14H,12H2,1-4H3;4-10,12-13,24H,11H2,1-3H3;2-6,11H,1H3/b11-10+;;;;. The number of esters is 4. The summed E-state index contributed by atoms with van der Waals surface area (Å²) in [6.45, 7) is 37.9. The van der Waals surface area contributed by atoms with Crippen LogP contribution in [0.2, 0.25) is 0 Å². The van der Waals surface area contributed by atoms with Crippen LogP contribution in [0.4, 0.5) is 0 Å². The highest BCUT2D eigenvalue weighted by molar-refractivity contribution is 6.01. The Bertz CT molecular complexity index is 6390. The van der Waals surface area contributed by atoms with Gasteiger partial charge in [-0.2, -0.15) is 0 Å². The molecule has 2 saturated heterocycles.